The van der Waals surface area contributed by atoms with E-state index in [2.05, 4.69) is 75.0 Å². The van der Waals surface area contributed by atoms with Gasteiger partial charge in [-0.2, -0.15) is 11.8 Å². The normalized spacial score (nSPS) is 20.3. The lowest BCUT2D eigenvalue weighted by atomic mass is 9.93. The molecule has 154 valence electrons. The molecule has 0 radical (unpaired) electrons. The summed E-state index contributed by atoms with van der Waals surface area (Å²) in [6.45, 7) is 7.75. The summed E-state index contributed by atoms with van der Waals surface area (Å²) in [6, 6.07) is 11.6. The van der Waals surface area contributed by atoms with Crippen molar-refractivity contribution in [2.24, 2.45) is 5.41 Å². The van der Waals surface area contributed by atoms with E-state index >= 15 is 0 Å². The average Bonchev–Trinajstić information content (AvgIpc) is 3.19. The van der Waals surface area contributed by atoms with E-state index in [9.17, 15) is 0 Å². The van der Waals surface area contributed by atoms with Crippen molar-refractivity contribution in [3.05, 3.63) is 54.1 Å². The molecule has 2 aliphatic rings. The molecule has 1 unspecified atom stereocenters. The van der Waals surface area contributed by atoms with Gasteiger partial charge in [0.25, 0.3) is 0 Å². The highest BCUT2D eigenvalue weighted by atomic mass is 35.5. The van der Waals surface area contributed by atoms with Crippen molar-refractivity contribution < 1.29 is 0 Å². The van der Waals surface area contributed by atoms with Crippen LogP contribution < -0.4 is 5.32 Å². The van der Waals surface area contributed by atoms with Crippen LogP contribution in [0, 0.1) is 5.41 Å². The van der Waals surface area contributed by atoms with Gasteiger partial charge >= 0.3 is 0 Å². The maximum Gasteiger partial charge on any atom is 0.122 e. The Kier molecular flexibility index (Phi) is 7.86. The minimum atomic E-state index is 0. The summed E-state index contributed by atoms with van der Waals surface area (Å²) in [5, 5.41) is 3.54. The Morgan fingerprint density at radius 3 is 2.79 bits per heavy atom. The van der Waals surface area contributed by atoms with Crippen LogP contribution >= 0.6 is 24.2 Å². The molecule has 1 atom stereocenters. The minimum Gasteiger partial charge on any atom is -0.334 e. The Labute approximate surface area is 179 Å². The number of aromatic nitrogens is 2. The summed E-state index contributed by atoms with van der Waals surface area (Å²) >= 11 is 2.06. The van der Waals surface area contributed by atoms with Crippen LogP contribution in [-0.2, 0) is 18.8 Å². The lowest BCUT2D eigenvalue weighted by Crippen LogP contribution is -2.37. The highest BCUT2D eigenvalue weighted by molar-refractivity contribution is 7.98. The topological polar surface area (TPSA) is 33.1 Å². The molecule has 0 bridgehead atoms. The second kappa shape index (κ2) is 10.1. The van der Waals surface area contributed by atoms with Crippen molar-refractivity contribution in [1.29, 1.82) is 0 Å². The average molecular weight is 421 g/mol. The van der Waals surface area contributed by atoms with Crippen molar-refractivity contribution >= 4 is 24.2 Å². The van der Waals surface area contributed by atoms with E-state index < -0.39 is 0 Å². The molecule has 1 saturated heterocycles. The van der Waals surface area contributed by atoms with E-state index in [-0.39, 0.29) is 12.4 Å². The fourth-order valence-electron chi connectivity index (χ4n) is 4.56. The standard InChI is InChI=1S/C22H32N4S.ClH/c1-2-25-13-12-24-21(25)17-26(20-16-22(20)8-10-23-11-9-22)14-15-27-18-19-6-4-3-5-7-19;/h3-7,12-13,20,23H,2,8-11,14-18H2,1H3;1H. The number of imidazole rings is 1. The SMILES string of the molecule is CCn1ccnc1CN(CCSCc1ccccc1)C1CC12CCNCC2.Cl. The first-order chi connectivity index (χ1) is 13.3. The maximum absolute atomic E-state index is 4.65. The Morgan fingerprint density at radius 2 is 2.04 bits per heavy atom. The van der Waals surface area contributed by atoms with Crippen molar-refractivity contribution in [2.75, 3.05) is 25.4 Å². The van der Waals surface area contributed by atoms with Crippen molar-refractivity contribution in [1.82, 2.24) is 19.8 Å². The van der Waals surface area contributed by atoms with Gasteiger partial charge in [0, 0.05) is 43.0 Å². The van der Waals surface area contributed by atoms with Crippen molar-refractivity contribution in [3.63, 3.8) is 0 Å². The fourth-order valence-corrected chi connectivity index (χ4v) is 5.49. The van der Waals surface area contributed by atoms with Crippen LogP contribution in [0.25, 0.3) is 0 Å². The molecule has 28 heavy (non-hydrogen) atoms. The number of thioether (sulfide) groups is 1. The summed E-state index contributed by atoms with van der Waals surface area (Å²) in [5.41, 5.74) is 2.01. The summed E-state index contributed by atoms with van der Waals surface area (Å²) in [6.07, 6.45) is 8.13. The van der Waals surface area contributed by atoms with Gasteiger partial charge < -0.3 is 9.88 Å². The summed E-state index contributed by atoms with van der Waals surface area (Å²) in [4.78, 5) is 7.38. The first-order valence-electron chi connectivity index (χ1n) is 10.4. The van der Waals surface area contributed by atoms with Gasteiger partial charge in [-0.1, -0.05) is 30.3 Å². The molecule has 4 nitrogen and oxygen atoms in total. The molecule has 2 aromatic rings. The van der Waals surface area contributed by atoms with Gasteiger partial charge in [0.05, 0.1) is 6.54 Å². The maximum atomic E-state index is 4.65. The van der Waals surface area contributed by atoms with E-state index in [1.54, 1.807) is 0 Å². The highest BCUT2D eigenvalue weighted by Gasteiger charge is 2.56. The lowest BCUT2D eigenvalue weighted by Gasteiger charge is -2.29. The predicted octanol–water partition coefficient (Wildman–Crippen LogP) is 4.20. The zero-order chi connectivity index (χ0) is 18.5. The van der Waals surface area contributed by atoms with Gasteiger partial charge in [-0.3, -0.25) is 4.90 Å². The third-order valence-electron chi connectivity index (χ3n) is 6.31. The number of hydrogen-bond acceptors (Lipinski definition) is 4. The quantitative estimate of drug-likeness (QED) is 0.616. The highest BCUT2D eigenvalue weighted by Crippen LogP contribution is 2.56. The van der Waals surface area contributed by atoms with Crippen LogP contribution in [0.4, 0.5) is 0 Å². The van der Waals surface area contributed by atoms with Gasteiger partial charge in [0.15, 0.2) is 0 Å². The van der Waals surface area contributed by atoms with E-state index in [4.69, 9.17) is 0 Å². The third kappa shape index (κ3) is 5.12. The van der Waals surface area contributed by atoms with Crippen LogP contribution in [0.3, 0.4) is 0 Å². The van der Waals surface area contributed by atoms with E-state index in [0.717, 1.165) is 31.4 Å². The van der Waals surface area contributed by atoms with Crippen LogP contribution in [0.15, 0.2) is 42.7 Å². The number of benzene rings is 1. The molecule has 2 heterocycles. The molecule has 6 heteroatoms. The fraction of sp³-hybridized carbons (Fsp3) is 0.591. The molecule has 1 aromatic carbocycles. The molecular formula is C22H33ClN4S. The Bertz CT molecular complexity index is 714. The van der Waals surface area contributed by atoms with Crippen molar-refractivity contribution in [3.8, 4) is 0 Å². The van der Waals surface area contributed by atoms with Gasteiger partial charge in [0.2, 0.25) is 0 Å². The third-order valence-corrected chi connectivity index (χ3v) is 7.32. The second-order valence-corrected chi connectivity index (χ2v) is 9.08. The van der Waals surface area contributed by atoms with Crippen LogP contribution in [0.1, 0.15) is 37.6 Å². The summed E-state index contributed by atoms with van der Waals surface area (Å²) in [5.74, 6) is 3.52. The Morgan fingerprint density at radius 1 is 1.25 bits per heavy atom. The number of aryl methyl sites for hydroxylation is 1. The van der Waals surface area contributed by atoms with Crippen LogP contribution in [-0.4, -0.2) is 45.9 Å². The molecule has 1 spiro atoms. The number of rotatable bonds is 9. The first kappa shape index (κ1) is 21.7. The molecule has 1 aliphatic heterocycles. The molecule has 1 N–H and O–H groups in total. The number of nitrogens with one attached hydrogen (secondary N) is 1. The number of halogens is 1. The molecule has 4 rings (SSSR count). The molecule has 1 aromatic heterocycles. The van der Waals surface area contributed by atoms with Gasteiger partial charge in [-0.15, -0.1) is 12.4 Å². The summed E-state index contributed by atoms with van der Waals surface area (Å²) in [7, 11) is 0. The van der Waals surface area contributed by atoms with Gasteiger partial charge in [-0.05, 0) is 50.3 Å². The zero-order valence-corrected chi connectivity index (χ0v) is 18.5. The molecule has 1 saturated carbocycles. The van der Waals surface area contributed by atoms with Crippen molar-refractivity contribution in [2.45, 2.75) is 51.1 Å². The Hall–Kier alpha value is -1.01. The van der Waals surface area contributed by atoms with E-state index in [0.29, 0.717) is 5.41 Å². The number of nitrogens with zero attached hydrogens (tertiary/aromatic N) is 3. The van der Waals surface area contributed by atoms with E-state index in [1.807, 2.05) is 6.20 Å². The monoisotopic (exact) mass is 420 g/mol. The van der Waals surface area contributed by atoms with Gasteiger partial charge in [-0.25, -0.2) is 4.98 Å². The predicted molar refractivity (Wildman–Crippen MR) is 121 cm³/mol. The first-order valence-corrected chi connectivity index (χ1v) is 11.5. The minimum absolute atomic E-state index is 0. The summed E-state index contributed by atoms with van der Waals surface area (Å²) < 4.78 is 2.29. The lowest BCUT2D eigenvalue weighted by molar-refractivity contribution is 0.199. The molecule has 2 fully saturated rings. The molecular weight excluding hydrogens is 388 g/mol. The number of piperidine rings is 1. The number of hydrogen-bond donors (Lipinski definition) is 1. The van der Waals surface area contributed by atoms with Crippen LogP contribution in [0.5, 0.6) is 0 Å². The molecule has 1 aliphatic carbocycles. The smallest absolute Gasteiger partial charge is 0.122 e. The zero-order valence-electron chi connectivity index (χ0n) is 16.8. The largest absolute Gasteiger partial charge is 0.334 e. The van der Waals surface area contributed by atoms with E-state index in [1.165, 1.54) is 49.5 Å². The second-order valence-electron chi connectivity index (χ2n) is 7.97. The Balaban J connectivity index is 0.00000225. The molecule has 0 amide bonds. The van der Waals surface area contributed by atoms with Gasteiger partial charge in [0.1, 0.15) is 5.82 Å². The van der Waals surface area contributed by atoms with Crippen LogP contribution in [0.2, 0.25) is 0 Å².